The second kappa shape index (κ2) is 6.80. The molecule has 1 fully saturated rings. The van der Waals surface area contributed by atoms with E-state index in [1.165, 1.54) is 13.0 Å². The number of piperidine rings is 1. The Labute approximate surface area is 92.2 Å². The third kappa shape index (κ3) is 4.62. The fourth-order valence-electron chi connectivity index (χ4n) is 2.02. The first kappa shape index (κ1) is 12.5. The molecule has 0 aromatic heterocycles. The van der Waals surface area contributed by atoms with Crippen LogP contribution in [0, 0.1) is 0 Å². The molecule has 0 bridgehead atoms. The number of nitrogens with zero attached hydrogens (tertiary/aromatic N) is 1. The van der Waals surface area contributed by atoms with Gasteiger partial charge in [0.1, 0.15) is 0 Å². The summed E-state index contributed by atoms with van der Waals surface area (Å²) in [5.74, 6) is 0.156. The SMILES string of the molecule is CCN1CCCC(NC(=O)CCCN)C1. The Balaban J connectivity index is 2.22. The van der Waals surface area contributed by atoms with Crippen molar-refractivity contribution in [2.45, 2.75) is 38.6 Å². The van der Waals surface area contributed by atoms with Crippen LogP contribution in [0.4, 0.5) is 0 Å². The van der Waals surface area contributed by atoms with E-state index in [4.69, 9.17) is 5.73 Å². The minimum Gasteiger partial charge on any atom is -0.352 e. The Hall–Kier alpha value is -0.610. The highest BCUT2D eigenvalue weighted by atomic mass is 16.1. The largest absolute Gasteiger partial charge is 0.352 e. The Kier molecular flexibility index (Phi) is 5.65. The van der Waals surface area contributed by atoms with Crippen molar-refractivity contribution in [1.29, 1.82) is 0 Å². The molecule has 1 heterocycles. The van der Waals surface area contributed by atoms with Crippen LogP contribution in [0.3, 0.4) is 0 Å². The first-order valence-electron chi connectivity index (χ1n) is 5.98. The summed E-state index contributed by atoms with van der Waals surface area (Å²) in [5.41, 5.74) is 5.37. The van der Waals surface area contributed by atoms with Crippen LogP contribution in [0.5, 0.6) is 0 Å². The van der Waals surface area contributed by atoms with Crippen molar-refractivity contribution in [3.63, 3.8) is 0 Å². The molecule has 88 valence electrons. The highest BCUT2D eigenvalue weighted by molar-refractivity contribution is 5.76. The van der Waals surface area contributed by atoms with Gasteiger partial charge in [0.05, 0.1) is 0 Å². The molecule has 0 aromatic rings. The molecular formula is C11H23N3O. The molecule has 0 radical (unpaired) electrons. The monoisotopic (exact) mass is 213 g/mol. The van der Waals surface area contributed by atoms with Gasteiger partial charge in [0.15, 0.2) is 0 Å². The molecule has 1 unspecified atom stereocenters. The molecule has 1 atom stereocenters. The molecular weight excluding hydrogens is 190 g/mol. The van der Waals surface area contributed by atoms with Gasteiger partial charge in [-0.15, -0.1) is 0 Å². The highest BCUT2D eigenvalue weighted by Crippen LogP contribution is 2.09. The standard InChI is InChI=1S/C11H23N3O/c1-2-14-8-4-5-10(9-14)13-11(15)6-3-7-12/h10H,2-9,12H2,1H3,(H,13,15). The molecule has 4 nitrogen and oxygen atoms in total. The number of rotatable bonds is 5. The number of carbonyl (C=O) groups is 1. The van der Waals surface area contributed by atoms with Crippen LogP contribution in [-0.2, 0) is 4.79 Å². The van der Waals surface area contributed by atoms with Gasteiger partial charge in [-0.3, -0.25) is 4.79 Å². The van der Waals surface area contributed by atoms with Crippen molar-refractivity contribution in [1.82, 2.24) is 10.2 Å². The van der Waals surface area contributed by atoms with Gasteiger partial charge in [0.25, 0.3) is 0 Å². The van der Waals surface area contributed by atoms with Crippen LogP contribution < -0.4 is 11.1 Å². The van der Waals surface area contributed by atoms with Gasteiger partial charge < -0.3 is 16.0 Å². The zero-order valence-electron chi connectivity index (χ0n) is 9.67. The zero-order chi connectivity index (χ0) is 11.1. The number of likely N-dealkylation sites (tertiary alicyclic amines) is 1. The average Bonchev–Trinajstić information content (AvgIpc) is 2.26. The molecule has 0 spiro atoms. The molecule has 15 heavy (non-hydrogen) atoms. The van der Waals surface area contributed by atoms with Crippen LogP contribution in [-0.4, -0.2) is 43.0 Å². The van der Waals surface area contributed by atoms with Gasteiger partial charge in [0, 0.05) is 19.0 Å². The summed E-state index contributed by atoms with van der Waals surface area (Å²) in [7, 11) is 0. The van der Waals surface area contributed by atoms with Gasteiger partial charge in [-0.05, 0) is 38.9 Å². The number of amides is 1. The van der Waals surface area contributed by atoms with Crippen molar-refractivity contribution in [2.24, 2.45) is 5.73 Å². The molecule has 1 aliphatic heterocycles. The van der Waals surface area contributed by atoms with Crippen molar-refractivity contribution >= 4 is 5.91 Å². The maximum Gasteiger partial charge on any atom is 0.220 e. The molecule has 1 saturated heterocycles. The van der Waals surface area contributed by atoms with E-state index >= 15 is 0 Å². The summed E-state index contributed by atoms with van der Waals surface area (Å²) in [5, 5.41) is 3.08. The normalized spacial score (nSPS) is 22.7. The Morgan fingerprint density at radius 2 is 2.40 bits per heavy atom. The summed E-state index contributed by atoms with van der Waals surface area (Å²) in [4.78, 5) is 13.9. The van der Waals surface area contributed by atoms with Crippen molar-refractivity contribution in [3.05, 3.63) is 0 Å². The van der Waals surface area contributed by atoms with E-state index in [1.54, 1.807) is 0 Å². The average molecular weight is 213 g/mol. The van der Waals surface area contributed by atoms with E-state index in [9.17, 15) is 4.79 Å². The smallest absolute Gasteiger partial charge is 0.220 e. The van der Waals surface area contributed by atoms with Crippen LogP contribution in [0.15, 0.2) is 0 Å². The fraction of sp³-hybridized carbons (Fsp3) is 0.909. The third-order valence-electron chi connectivity index (χ3n) is 2.93. The molecule has 1 aliphatic rings. The lowest BCUT2D eigenvalue weighted by Crippen LogP contribution is -2.47. The van der Waals surface area contributed by atoms with E-state index in [0.29, 0.717) is 19.0 Å². The first-order chi connectivity index (χ1) is 7.26. The summed E-state index contributed by atoms with van der Waals surface area (Å²) >= 11 is 0. The van der Waals surface area contributed by atoms with Gasteiger partial charge >= 0.3 is 0 Å². The zero-order valence-corrected chi connectivity index (χ0v) is 9.67. The Morgan fingerprint density at radius 1 is 1.60 bits per heavy atom. The predicted molar refractivity (Wildman–Crippen MR) is 61.6 cm³/mol. The van der Waals surface area contributed by atoms with Crippen LogP contribution in [0.25, 0.3) is 0 Å². The molecule has 0 aliphatic carbocycles. The molecule has 1 rings (SSSR count). The summed E-state index contributed by atoms with van der Waals surface area (Å²) in [6.07, 6.45) is 3.66. The lowest BCUT2D eigenvalue weighted by molar-refractivity contribution is -0.122. The summed E-state index contributed by atoms with van der Waals surface area (Å²) in [6, 6.07) is 0.351. The van der Waals surface area contributed by atoms with Crippen molar-refractivity contribution in [2.75, 3.05) is 26.2 Å². The van der Waals surface area contributed by atoms with Crippen molar-refractivity contribution in [3.8, 4) is 0 Å². The van der Waals surface area contributed by atoms with Gasteiger partial charge in [0.2, 0.25) is 5.91 Å². The van der Waals surface area contributed by atoms with E-state index in [0.717, 1.165) is 25.9 Å². The summed E-state index contributed by atoms with van der Waals surface area (Å²) < 4.78 is 0. The molecule has 4 heteroatoms. The number of nitrogens with one attached hydrogen (secondary N) is 1. The van der Waals surface area contributed by atoms with Gasteiger partial charge in [-0.25, -0.2) is 0 Å². The minimum absolute atomic E-state index is 0.156. The first-order valence-corrected chi connectivity index (χ1v) is 5.98. The number of carbonyl (C=O) groups excluding carboxylic acids is 1. The number of hydrogen-bond donors (Lipinski definition) is 2. The highest BCUT2D eigenvalue weighted by Gasteiger charge is 2.19. The predicted octanol–water partition coefficient (Wildman–Crippen LogP) is 0.326. The second-order valence-corrected chi connectivity index (χ2v) is 4.19. The molecule has 0 aromatic carbocycles. The maximum atomic E-state index is 11.5. The van der Waals surface area contributed by atoms with Gasteiger partial charge in [-0.2, -0.15) is 0 Å². The quantitative estimate of drug-likeness (QED) is 0.692. The minimum atomic E-state index is 0.156. The molecule has 3 N–H and O–H groups in total. The third-order valence-corrected chi connectivity index (χ3v) is 2.93. The van der Waals surface area contributed by atoms with Crippen LogP contribution in [0.2, 0.25) is 0 Å². The topological polar surface area (TPSA) is 58.4 Å². The van der Waals surface area contributed by atoms with E-state index in [1.807, 2.05) is 0 Å². The fourth-order valence-corrected chi connectivity index (χ4v) is 2.02. The Morgan fingerprint density at radius 3 is 3.07 bits per heavy atom. The van der Waals surface area contributed by atoms with Crippen molar-refractivity contribution < 1.29 is 4.79 Å². The second-order valence-electron chi connectivity index (χ2n) is 4.19. The van der Waals surface area contributed by atoms with E-state index < -0.39 is 0 Å². The molecule has 0 saturated carbocycles. The van der Waals surface area contributed by atoms with Gasteiger partial charge in [-0.1, -0.05) is 6.92 Å². The summed E-state index contributed by atoms with van der Waals surface area (Å²) in [6.45, 7) is 6.02. The van der Waals surface area contributed by atoms with Crippen LogP contribution in [0.1, 0.15) is 32.6 Å². The number of hydrogen-bond acceptors (Lipinski definition) is 3. The lowest BCUT2D eigenvalue weighted by atomic mass is 10.1. The lowest BCUT2D eigenvalue weighted by Gasteiger charge is -2.32. The maximum absolute atomic E-state index is 11.5. The number of nitrogens with two attached hydrogens (primary N) is 1. The van der Waals surface area contributed by atoms with E-state index in [2.05, 4.69) is 17.1 Å². The van der Waals surface area contributed by atoms with Crippen LogP contribution >= 0.6 is 0 Å². The van der Waals surface area contributed by atoms with E-state index in [-0.39, 0.29) is 5.91 Å². The number of likely N-dealkylation sites (N-methyl/N-ethyl adjacent to an activating group) is 1. The Bertz CT molecular complexity index is 196. The molecule has 1 amide bonds.